The van der Waals surface area contributed by atoms with Crippen molar-refractivity contribution in [3.8, 4) is 0 Å². The van der Waals surface area contributed by atoms with E-state index in [2.05, 4.69) is 20.5 Å². The van der Waals surface area contributed by atoms with Crippen molar-refractivity contribution in [2.45, 2.75) is 19.9 Å². The second kappa shape index (κ2) is 9.09. The van der Waals surface area contributed by atoms with E-state index < -0.39 is 0 Å². The first-order valence-corrected chi connectivity index (χ1v) is 9.02. The van der Waals surface area contributed by atoms with E-state index in [1.54, 1.807) is 0 Å². The molecule has 28 heavy (non-hydrogen) atoms. The lowest BCUT2D eigenvalue weighted by Crippen LogP contribution is -2.48. The zero-order valence-electron chi connectivity index (χ0n) is 15.5. The Bertz CT molecular complexity index is 991. The molecule has 2 aromatic heterocycles. The van der Waals surface area contributed by atoms with Crippen molar-refractivity contribution in [3.63, 3.8) is 0 Å². The number of halogens is 3. The number of aryl methyl sites for hydroxylation is 2. The molecular formula is C19H22Cl3N5O. The molecule has 2 N–H and O–H groups in total. The summed E-state index contributed by atoms with van der Waals surface area (Å²) in [4.78, 5) is 19.8. The van der Waals surface area contributed by atoms with Gasteiger partial charge in [0.1, 0.15) is 0 Å². The topological polar surface area (TPSA) is 73.9 Å². The van der Waals surface area contributed by atoms with Crippen molar-refractivity contribution in [1.82, 2.24) is 25.4 Å². The van der Waals surface area contributed by atoms with Gasteiger partial charge < -0.3 is 10.2 Å². The standard InChI is InChI=1S/C19H20ClN5O.2ClH/c1-11-9-14(17-12(2)23-24-18(17)22-11)19(26)25-8-7-21-10-16(25)13-5-3-4-6-15(13)20;;/h3-6,9,16,21H,7-8,10H2,1-2H3,(H,22,23,24);2*1H. The number of piperazine rings is 1. The van der Waals surface area contributed by atoms with Crippen molar-refractivity contribution >= 4 is 53.4 Å². The Labute approximate surface area is 180 Å². The smallest absolute Gasteiger partial charge is 0.255 e. The number of nitrogens with one attached hydrogen (secondary N) is 2. The maximum atomic E-state index is 13.5. The van der Waals surface area contributed by atoms with Crippen molar-refractivity contribution in [3.05, 3.63) is 57.9 Å². The molecule has 6 nitrogen and oxygen atoms in total. The van der Waals surface area contributed by atoms with Crippen molar-refractivity contribution < 1.29 is 4.79 Å². The summed E-state index contributed by atoms with van der Waals surface area (Å²) in [6.07, 6.45) is 0. The predicted octanol–water partition coefficient (Wildman–Crippen LogP) is 3.86. The number of benzene rings is 1. The van der Waals surface area contributed by atoms with Gasteiger partial charge in [0.05, 0.1) is 17.0 Å². The average Bonchev–Trinajstić information content (AvgIpc) is 3.01. The largest absolute Gasteiger partial charge is 0.329 e. The fraction of sp³-hybridized carbons (Fsp3) is 0.316. The summed E-state index contributed by atoms with van der Waals surface area (Å²) in [6, 6.07) is 9.44. The first-order valence-electron chi connectivity index (χ1n) is 8.64. The number of hydrogen-bond donors (Lipinski definition) is 2. The van der Waals surface area contributed by atoms with Crippen LogP contribution in [0.25, 0.3) is 11.0 Å². The van der Waals surface area contributed by atoms with Crippen LogP contribution in [0, 0.1) is 13.8 Å². The van der Waals surface area contributed by atoms with E-state index in [9.17, 15) is 4.79 Å². The van der Waals surface area contributed by atoms with Crippen LogP contribution >= 0.6 is 36.4 Å². The van der Waals surface area contributed by atoms with E-state index in [0.29, 0.717) is 29.3 Å². The van der Waals surface area contributed by atoms with Crippen molar-refractivity contribution in [2.75, 3.05) is 19.6 Å². The minimum absolute atomic E-state index is 0. The van der Waals surface area contributed by atoms with Gasteiger partial charge in [0.2, 0.25) is 0 Å². The van der Waals surface area contributed by atoms with E-state index in [1.807, 2.05) is 49.1 Å². The van der Waals surface area contributed by atoms with Crippen LogP contribution in [0.1, 0.15) is 33.4 Å². The Hall–Kier alpha value is -1.86. The lowest BCUT2D eigenvalue weighted by atomic mass is 10.0. The molecule has 9 heteroatoms. The number of aromatic nitrogens is 3. The lowest BCUT2D eigenvalue weighted by Gasteiger charge is -2.37. The maximum Gasteiger partial charge on any atom is 0.255 e. The van der Waals surface area contributed by atoms with Gasteiger partial charge in [-0.1, -0.05) is 29.8 Å². The Morgan fingerprint density at radius 1 is 1.25 bits per heavy atom. The molecule has 150 valence electrons. The predicted molar refractivity (Wildman–Crippen MR) is 116 cm³/mol. The van der Waals surface area contributed by atoms with Gasteiger partial charge in [-0.05, 0) is 31.5 Å². The van der Waals surface area contributed by atoms with Crippen LogP contribution in [0.2, 0.25) is 5.02 Å². The highest BCUT2D eigenvalue weighted by molar-refractivity contribution is 6.31. The number of rotatable bonds is 2. The molecule has 1 amide bonds. The highest BCUT2D eigenvalue weighted by atomic mass is 35.5. The van der Waals surface area contributed by atoms with Crippen LogP contribution in [0.4, 0.5) is 0 Å². The first kappa shape index (κ1) is 22.4. The molecule has 1 aromatic carbocycles. The molecule has 4 rings (SSSR count). The van der Waals surface area contributed by atoms with Crippen LogP contribution in [0.3, 0.4) is 0 Å². The molecule has 3 heterocycles. The summed E-state index contributed by atoms with van der Waals surface area (Å²) >= 11 is 6.41. The number of pyridine rings is 1. The molecule has 1 atom stereocenters. The zero-order valence-corrected chi connectivity index (χ0v) is 17.9. The minimum atomic E-state index is -0.110. The number of aromatic amines is 1. The Balaban J connectivity index is 0.00000140. The zero-order chi connectivity index (χ0) is 18.3. The van der Waals surface area contributed by atoms with Gasteiger partial charge in [0.15, 0.2) is 5.65 Å². The number of nitrogens with zero attached hydrogens (tertiary/aromatic N) is 3. The number of amides is 1. The first-order chi connectivity index (χ1) is 12.6. The second-order valence-electron chi connectivity index (χ2n) is 6.60. The summed E-state index contributed by atoms with van der Waals surface area (Å²) < 4.78 is 0. The molecule has 1 saturated heterocycles. The molecule has 0 bridgehead atoms. The summed E-state index contributed by atoms with van der Waals surface area (Å²) in [5.41, 5.74) is 3.80. The van der Waals surface area contributed by atoms with Crippen molar-refractivity contribution in [2.24, 2.45) is 0 Å². The molecule has 3 aromatic rings. The molecular weight excluding hydrogens is 421 g/mol. The summed E-state index contributed by atoms with van der Waals surface area (Å²) in [7, 11) is 0. The van der Waals surface area contributed by atoms with Crippen molar-refractivity contribution in [1.29, 1.82) is 0 Å². The minimum Gasteiger partial charge on any atom is -0.329 e. The Morgan fingerprint density at radius 3 is 2.75 bits per heavy atom. The number of hydrogen-bond acceptors (Lipinski definition) is 4. The third-order valence-corrected chi connectivity index (χ3v) is 5.18. The van der Waals surface area contributed by atoms with Crippen LogP contribution in [0.15, 0.2) is 30.3 Å². The number of carbonyl (C=O) groups excluding carboxylic acids is 1. The molecule has 0 radical (unpaired) electrons. The number of H-pyrrole nitrogens is 1. The van der Waals surface area contributed by atoms with Crippen LogP contribution in [-0.2, 0) is 0 Å². The number of fused-ring (bicyclic) bond motifs is 1. The van der Waals surface area contributed by atoms with E-state index >= 15 is 0 Å². The Morgan fingerprint density at radius 2 is 2.00 bits per heavy atom. The van der Waals surface area contributed by atoms with E-state index in [1.165, 1.54) is 0 Å². The molecule has 1 unspecified atom stereocenters. The normalized spacial score (nSPS) is 16.4. The molecule has 1 aliphatic rings. The van der Waals surface area contributed by atoms with Crippen LogP contribution < -0.4 is 5.32 Å². The van der Waals surface area contributed by atoms with Gasteiger partial charge in [0.25, 0.3) is 5.91 Å². The van der Waals surface area contributed by atoms with Gasteiger partial charge >= 0.3 is 0 Å². The number of carbonyl (C=O) groups is 1. The third-order valence-electron chi connectivity index (χ3n) is 4.83. The van der Waals surface area contributed by atoms with E-state index in [-0.39, 0.29) is 36.8 Å². The average molecular weight is 443 g/mol. The quantitative estimate of drug-likeness (QED) is 0.632. The fourth-order valence-electron chi connectivity index (χ4n) is 3.59. The fourth-order valence-corrected chi connectivity index (χ4v) is 3.86. The highest BCUT2D eigenvalue weighted by Gasteiger charge is 2.31. The van der Waals surface area contributed by atoms with Gasteiger partial charge in [-0.3, -0.25) is 9.89 Å². The van der Waals surface area contributed by atoms with Crippen LogP contribution in [-0.4, -0.2) is 45.6 Å². The van der Waals surface area contributed by atoms with Gasteiger partial charge in [-0.25, -0.2) is 4.98 Å². The summed E-state index contributed by atoms with van der Waals surface area (Å²) in [5, 5.41) is 12.0. The van der Waals surface area contributed by atoms with Gasteiger partial charge in [-0.15, -0.1) is 24.8 Å². The van der Waals surface area contributed by atoms with E-state index in [0.717, 1.165) is 28.9 Å². The molecule has 0 aliphatic carbocycles. The lowest BCUT2D eigenvalue weighted by molar-refractivity contribution is 0.0636. The third kappa shape index (κ3) is 3.96. The molecule has 0 spiro atoms. The highest BCUT2D eigenvalue weighted by Crippen LogP contribution is 2.31. The Kier molecular flexibility index (Phi) is 7.28. The SMILES string of the molecule is Cc1cc(C(=O)N2CCNCC2c2ccccc2Cl)c2c(C)[nH]nc2n1.Cl.Cl. The second-order valence-corrected chi connectivity index (χ2v) is 7.01. The molecule has 1 fully saturated rings. The summed E-state index contributed by atoms with van der Waals surface area (Å²) in [5.74, 6) is -0.0172. The molecule has 1 aliphatic heterocycles. The summed E-state index contributed by atoms with van der Waals surface area (Å²) in [6.45, 7) is 5.84. The monoisotopic (exact) mass is 441 g/mol. The van der Waals surface area contributed by atoms with Gasteiger partial charge in [-0.2, -0.15) is 5.10 Å². The van der Waals surface area contributed by atoms with Crippen LogP contribution in [0.5, 0.6) is 0 Å². The van der Waals surface area contributed by atoms with E-state index in [4.69, 9.17) is 11.6 Å². The van der Waals surface area contributed by atoms with Gasteiger partial charge in [0, 0.05) is 36.0 Å². The molecule has 0 saturated carbocycles. The maximum absolute atomic E-state index is 13.5.